The average Bonchev–Trinajstić information content (AvgIpc) is 2.70. The first-order valence-corrected chi connectivity index (χ1v) is 9.22. The molecular formula is C22H25BNO4+. The molecule has 0 aliphatic carbocycles. The summed E-state index contributed by atoms with van der Waals surface area (Å²) in [4.78, 5) is 0. The summed E-state index contributed by atoms with van der Waals surface area (Å²) in [5.74, 6) is 1.92. The highest BCUT2D eigenvalue weighted by molar-refractivity contribution is 6.39. The maximum absolute atomic E-state index is 9.42. The molecule has 0 atom stereocenters. The highest BCUT2D eigenvalue weighted by atomic mass is 16.7. The van der Waals surface area contributed by atoms with Crippen LogP contribution in [-0.2, 0) is 0 Å². The second kappa shape index (κ2) is 9.31. The van der Waals surface area contributed by atoms with Crippen molar-refractivity contribution in [3.05, 3.63) is 84.9 Å². The Balaban J connectivity index is 1.87. The number of para-hydroxylation sites is 4. The van der Waals surface area contributed by atoms with Crippen LogP contribution in [0.2, 0.25) is 0 Å². The van der Waals surface area contributed by atoms with E-state index in [1.807, 2.05) is 99.0 Å². The fourth-order valence-electron chi connectivity index (χ4n) is 2.82. The van der Waals surface area contributed by atoms with E-state index in [1.54, 1.807) is 0 Å². The van der Waals surface area contributed by atoms with Gasteiger partial charge in [0.2, 0.25) is 0 Å². The molecular weight excluding hydrogens is 353 g/mol. The van der Waals surface area contributed by atoms with Gasteiger partial charge in [-0.2, -0.15) is 0 Å². The fourth-order valence-corrected chi connectivity index (χ4v) is 2.82. The first-order valence-electron chi connectivity index (χ1n) is 9.22. The van der Waals surface area contributed by atoms with Gasteiger partial charge >= 0.3 is 7.32 Å². The standard InChI is InChI=1S/C22H25BNO4/c1-24(2,17-18-25)21-15-9-10-16-22(21)28-23(26-19-11-5-3-6-12-19)27-20-13-7-4-8-14-20/h3-16,25H,17-18H2,1-2H3/q+1. The minimum absolute atomic E-state index is 0.0752. The number of benzene rings is 3. The van der Waals surface area contributed by atoms with E-state index in [2.05, 4.69) is 0 Å². The largest absolute Gasteiger partial charge is 0.864 e. The molecule has 3 rings (SSSR count). The van der Waals surface area contributed by atoms with Gasteiger partial charge in [0.05, 0.1) is 20.7 Å². The van der Waals surface area contributed by atoms with Crippen LogP contribution < -0.4 is 18.4 Å². The fraction of sp³-hybridized carbons (Fsp3) is 0.182. The highest BCUT2D eigenvalue weighted by Crippen LogP contribution is 2.32. The van der Waals surface area contributed by atoms with Gasteiger partial charge in [-0.25, -0.2) is 0 Å². The Morgan fingerprint density at radius 1 is 0.714 bits per heavy atom. The van der Waals surface area contributed by atoms with E-state index in [9.17, 15) is 5.11 Å². The van der Waals surface area contributed by atoms with Crippen LogP contribution >= 0.6 is 0 Å². The molecule has 0 radical (unpaired) electrons. The van der Waals surface area contributed by atoms with Gasteiger partial charge in [0, 0.05) is 6.07 Å². The lowest BCUT2D eigenvalue weighted by atomic mass is 10.1. The molecule has 0 aliphatic heterocycles. The van der Waals surface area contributed by atoms with Crippen LogP contribution in [0.5, 0.6) is 17.2 Å². The van der Waals surface area contributed by atoms with Crippen molar-refractivity contribution < 1.29 is 19.1 Å². The van der Waals surface area contributed by atoms with Gasteiger partial charge in [-0.3, -0.25) is 4.48 Å². The number of aliphatic hydroxyl groups is 1. The molecule has 0 unspecified atom stereocenters. The highest BCUT2D eigenvalue weighted by Gasteiger charge is 2.33. The van der Waals surface area contributed by atoms with Crippen molar-refractivity contribution in [1.82, 2.24) is 4.48 Å². The van der Waals surface area contributed by atoms with Crippen molar-refractivity contribution in [3.63, 3.8) is 0 Å². The van der Waals surface area contributed by atoms with Crippen LogP contribution in [0.4, 0.5) is 5.69 Å². The average molecular weight is 378 g/mol. The molecule has 0 aliphatic rings. The van der Waals surface area contributed by atoms with Crippen LogP contribution in [0.3, 0.4) is 0 Å². The lowest BCUT2D eigenvalue weighted by Crippen LogP contribution is -2.44. The lowest BCUT2D eigenvalue weighted by Gasteiger charge is -2.30. The van der Waals surface area contributed by atoms with Gasteiger partial charge in [0.15, 0.2) is 11.4 Å². The van der Waals surface area contributed by atoms with E-state index >= 15 is 0 Å². The quantitative estimate of drug-likeness (QED) is 0.455. The predicted molar refractivity (Wildman–Crippen MR) is 113 cm³/mol. The lowest BCUT2D eigenvalue weighted by molar-refractivity contribution is 0.239. The maximum atomic E-state index is 9.42. The van der Waals surface area contributed by atoms with E-state index in [1.165, 1.54) is 0 Å². The first-order chi connectivity index (χ1) is 13.6. The number of likely N-dealkylation sites (N-methyl/N-ethyl adjacent to an activating group) is 1. The van der Waals surface area contributed by atoms with Gasteiger partial charge in [-0.05, 0) is 30.3 Å². The van der Waals surface area contributed by atoms with Crippen LogP contribution in [0.15, 0.2) is 84.9 Å². The van der Waals surface area contributed by atoms with Crippen molar-refractivity contribution in [1.29, 1.82) is 0 Å². The summed E-state index contributed by atoms with van der Waals surface area (Å²) in [6.07, 6.45) is 0. The topological polar surface area (TPSA) is 47.9 Å². The molecule has 0 amide bonds. The molecule has 3 aromatic rings. The van der Waals surface area contributed by atoms with Crippen LogP contribution in [0.1, 0.15) is 0 Å². The number of quaternary nitrogens is 1. The van der Waals surface area contributed by atoms with Crippen LogP contribution in [-0.4, -0.2) is 39.7 Å². The summed E-state index contributed by atoms with van der Waals surface area (Å²) >= 11 is 0. The van der Waals surface area contributed by atoms with Gasteiger partial charge in [0.1, 0.15) is 18.0 Å². The molecule has 0 spiro atoms. The Kier molecular flexibility index (Phi) is 6.58. The molecule has 0 bridgehead atoms. The molecule has 1 N–H and O–H groups in total. The van der Waals surface area contributed by atoms with E-state index in [-0.39, 0.29) is 6.61 Å². The van der Waals surface area contributed by atoms with Crippen molar-refractivity contribution in [2.24, 2.45) is 0 Å². The Labute approximate surface area is 166 Å². The summed E-state index contributed by atoms with van der Waals surface area (Å²) in [6.45, 7) is 0.635. The third-order valence-electron chi connectivity index (χ3n) is 4.35. The summed E-state index contributed by atoms with van der Waals surface area (Å²) in [5.41, 5.74) is 0.926. The molecule has 0 saturated carbocycles. The second-order valence-electron chi connectivity index (χ2n) is 6.87. The van der Waals surface area contributed by atoms with Crippen molar-refractivity contribution >= 4 is 13.0 Å². The Morgan fingerprint density at radius 3 is 1.75 bits per heavy atom. The van der Waals surface area contributed by atoms with E-state index < -0.39 is 7.32 Å². The minimum Gasteiger partial charge on any atom is -0.490 e. The number of aliphatic hydroxyl groups excluding tert-OH is 1. The molecule has 0 heterocycles. The number of hydrogen-bond donors (Lipinski definition) is 1. The van der Waals surface area contributed by atoms with E-state index in [0.717, 1.165) is 5.69 Å². The van der Waals surface area contributed by atoms with E-state index in [4.69, 9.17) is 14.0 Å². The first kappa shape index (κ1) is 19.8. The predicted octanol–water partition coefficient (Wildman–Crippen LogP) is 3.77. The SMILES string of the molecule is C[N+](C)(CCO)c1ccccc1OB(Oc1ccccc1)Oc1ccccc1. The van der Waals surface area contributed by atoms with Crippen molar-refractivity contribution in [2.75, 3.05) is 27.2 Å². The smallest absolute Gasteiger partial charge is 0.490 e. The van der Waals surface area contributed by atoms with Gasteiger partial charge < -0.3 is 19.1 Å². The monoisotopic (exact) mass is 378 g/mol. The Bertz CT molecular complexity index is 817. The van der Waals surface area contributed by atoms with Gasteiger partial charge in [-0.1, -0.05) is 48.5 Å². The Hall–Kier alpha value is -2.96. The van der Waals surface area contributed by atoms with E-state index in [0.29, 0.717) is 28.3 Å². The molecule has 3 aromatic carbocycles. The molecule has 0 aromatic heterocycles. The third-order valence-corrected chi connectivity index (χ3v) is 4.35. The summed E-state index contributed by atoms with van der Waals surface area (Å²) in [6, 6.07) is 26.5. The number of rotatable bonds is 9. The summed E-state index contributed by atoms with van der Waals surface area (Å²) in [5, 5.41) is 9.42. The maximum Gasteiger partial charge on any atom is 0.864 e. The van der Waals surface area contributed by atoms with Crippen LogP contribution in [0.25, 0.3) is 0 Å². The van der Waals surface area contributed by atoms with Gasteiger partial charge in [0.25, 0.3) is 0 Å². The van der Waals surface area contributed by atoms with Gasteiger partial charge in [-0.15, -0.1) is 0 Å². The molecule has 28 heavy (non-hydrogen) atoms. The number of hydrogen-bond acceptors (Lipinski definition) is 4. The Morgan fingerprint density at radius 2 is 1.21 bits per heavy atom. The molecule has 0 fully saturated rings. The van der Waals surface area contributed by atoms with Crippen molar-refractivity contribution in [2.45, 2.75) is 0 Å². The second-order valence-corrected chi connectivity index (χ2v) is 6.87. The minimum atomic E-state index is -0.972. The zero-order valence-corrected chi connectivity index (χ0v) is 16.2. The third kappa shape index (κ3) is 5.28. The van der Waals surface area contributed by atoms with Crippen LogP contribution in [0, 0.1) is 0 Å². The molecule has 144 valence electrons. The van der Waals surface area contributed by atoms with Crippen molar-refractivity contribution in [3.8, 4) is 17.2 Å². The zero-order valence-electron chi connectivity index (χ0n) is 16.2. The zero-order chi connectivity index (χ0) is 19.8. The molecule has 6 heteroatoms. The summed E-state index contributed by atoms with van der Waals surface area (Å²) in [7, 11) is 3.06. The number of nitrogens with zero attached hydrogens (tertiary/aromatic N) is 1. The molecule has 5 nitrogen and oxygen atoms in total. The summed E-state index contributed by atoms with van der Waals surface area (Å²) < 4.78 is 18.5. The normalized spacial score (nSPS) is 11.0. The molecule has 0 saturated heterocycles.